The van der Waals surface area contributed by atoms with Crippen molar-refractivity contribution in [3.8, 4) is 11.3 Å². The van der Waals surface area contributed by atoms with Gasteiger partial charge in [-0.05, 0) is 30.3 Å². The van der Waals surface area contributed by atoms with E-state index in [-0.39, 0.29) is 5.78 Å². The van der Waals surface area contributed by atoms with Crippen molar-refractivity contribution in [2.75, 3.05) is 0 Å². The zero-order valence-electron chi connectivity index (χ0n) is 8.46. The zero-order chi connectivity index (χ0) is 11.7. The van der Waals surface area contributed by atoms with Gasteiger partial charge in [-0.2, -0.15) is 0 Å². The normalized spacial score (nSPS) is 10.4. The van der Waals surface area contributed by atoms with Crippen molar-refractivity contribution in [1.82, 2.24) is 0 Å². The summed E-state index contributed by atoms with van der Waals surface area (Å²) in [6.45, 7) is 1.46. The van der Waals surface area contributed by atoms with Crippen LogP contribution in [0.2, 0.25) is 5.02 Å². The molecule has 0 aliphatic heterocycles. The number of hydrogen-bond acceptors (Lipinski definition) is 2. The van der Waals surface area contributed by atoms with Crippen LogP contribution in [0.4, 0.5) is 0 Å². The summed E-state index contributed by atoms with van der Waals surface area (Å²) < 4.78 is 6.30. The maximum absolute atomic E-state index is 11.1. The standard InChI is InChI=1S/C12H8BrClO2/c1-7(15)11-4-5-12(16-11)9-3-2-8(13)6-10(9)14/h2-6H,1H3. The summed E-state index contributed by atoms with van der Waals surface area (Å²) in [6, 6.07) is 8.89. The number of furan rings is 1. The van der Waals surface area contributed by atoms with Crippen LogP contribution in [0.25, 0.3) is 11.3 Å². The summed E-state index contributed by atoms with van der Waals surface area (Å²) in [4.78, 5) is 11.1. The van der Waals surface area contributed by atoms with Gasteiger partial charge in [0.05, 0.1) is 5.02 Å². The van der Waals surface area contributed by atoms with Crippen LogP contribution in [0.1, 0.15) is 17.5 Å². The number of hydrogen-bond donors (Lipinski definition) is 0. The molecule has 0 aliphatic carbocycles. The third kappa shape index (κ3) is 2.20. The van der Waals surface area contributed by atoms with Gasteiger partial charge in [-0.25, -0.2) is 0 Å². The Morgan fingerprint density at radius 1 is 1.31 bits per heavy atom. The molecule has 0 radical (unpaired) electrons. The molecule has 1 aromatic carbocycles. The van der Waals surface area contributed by atoms with Gasteiger partial charge in [0.1, 0.15) is 5.76 Å². The number of ketones is 1. The molecule has 0 aliphatic rings. The van der Waals surface area contributed by atoms with Gasteiger partial charge in [-0.3, -0.25) is 4.79 Å². The highest BCUT2D eigenvalue weighted by Gasteiger charge is 2.10. The largest absolute Gasteiger partial charge is 0.453 e. The number of benzene rings is 1. The maximum atomic E-state index is 11.1. The van der Waals surface area contributed by atoms with Gasteiger partial charge < -0.3 is 4.42 Å². The van der Waals surface area contributed by atoms with Gasteiger partial charge in [0, 0.05) is 17.0 Å². The van der Waals surface area contributed by atoms with Gasteiger partial charge >= 0.3 is 0 Å². The van der Waals surface area contributed by atoms with E-state index in [9.17, 15) is 4.79 Å². The summed E-state index contributed by atoms with van der Waals surface area (Å²) in [5.74, 6) is 0.844. The van der Waals surface area contributed by atoms with Crippen molar-refractivity contribution in [1.29, 1.82) is 0 Å². The fourth-order valence-electron chi connectivity index (χ4n) is 1.36. The van der Waals surface area contributed by atoms with E-state index in [1.165, 1.54) is 6.92 Å². The highest BCUT2D eigenvalue weighted by molar-refractivity contribution is 9.10. The lowest BCUT2D eigenvalue weighted by Crippen LogP contribution is -1.86. The van der Waals surface area contributed by atoms with Crippen molar-refractivity contribution in [2.24, 2.45) is 0 Å². The van der Waals surface area contributed by atoms with Gasteiger partial charge in [-0.15, -0.1) is 0 Å². The van der Waals surface area contributed by atoms with E-state index in [1.807, 2.05) is 12.1 Å². The van der Waals surface area contributed by atoms with Gasteiger partial charge in [-0.1, -0.05) is 27.5 Å². The summed E-state index contributed by atoms with van der Waals surface area (Å²) >= 11 is 9.41. The van der Waals surface area contributed by atoms with Crippen LogP contribution in [0, 0.1) is 0 Å². The smallest absolute Gasteiger partial charge is 0.194 e. The van der Waals surface area contributed by atoms with E-state index >= 15 is 0 Å². The summed E-state index contributed by atoms with van der Waals surface area (Å²) in [6.07, 6.45) is 0. The summed E-state index contributed by atoms with van der Waals surface area (Å²) in [5, 5.41) is 0.582. The highest BCUT2D eigenvalue weighted by Crippen LogP contribution is 2.31. The Hall–Kier alpha value is -1.06. The molecule has 0 bridgehead atoms. The first-order valence-corrected chi connectivity index (χ1v) is 5.81. The van der Waals surface area contributed by atoms with E-state index < -0.39 is 0 Å². The molecule has 0 fully saturated rings. The third-order valence-corrected chi connectivity index (χ3v) is 2.96. The third-order valence-electron chi connectivity index (χ3n) is 2.15. The molecule has 2 aromatic rings. The fourth-order valence-corrected chi connectivity index (χ4v) is 2.13. The van der Waals surface area contributed by atoms with Crippen molar-refractivity contribution >= 4 is 33.3 Å². The van der Waals surface area contributed by atoms with Crippen LogP contribution in [-0.4, -0.2) is 5.78 Å². The minimum absolute atomic E-state index is 0.0977. The van der Waals surface area contributed by atoms with E-state index in [4.69, 9.17) is 16.0 Å². The predicted octanol–water partition coefficient (Wildman–Crippen LogP) is 4.57. The van der Waals surface area contributed by atoms with Crippen LogP contribution in [0.3, 0.4) is 0 Å². The second-order valence-electron chi connectivity index (χ2n) is 3.34. The molecule has 0 saturated heterocycles. The van der Waals surface area contributed by atoms with E-state index in [2.05, 4.69) is 15.9 Å². The van der Waals surface area contributed by atoms with E-state index in [0.29, 0.717) is 16.5 Å². The molecule has 82 valence electrons. The van der Waals surface area contributed by atoms with E-state index in [0.717, 1.165) is 10.0 Å². The Bertz CT molecular complexity index is 546. The van der Waals surface area contributed by atoms with Gasteiger partial charge in [0.25, 0.3) is 0 Å². The lowest BCUT2D eigenvalue weighted by molar-refractivity contribution is 0.0988. The topological polar surface area (TPSA) is 30.2 Å². The molecule has 0 saturated carbocycles. The molecule has 0 unspecified atom stereocenters. The van der Waals surface area contributed by atoms with Crippen molar-refractivity contribution < 1.29 is 9.21 Å². The van der Waals surface area contributed by atoms with Crippen molar-refractivity contribution in [3.63, 3.8) is 0 Å². The quantitative estimate of drug-likeness (QED) is 0.761. The molecule has 0 amide bonds. The SMILES string of the molecule is CC(=O)c1ccc(-c2ccc(Br)cc2Cl)o1. The molecular weight excluding hydrogens is 291 g/mol. The van der Waals surface area contributed by atoms with Crippen molar-refractivity contribution in [2.45, 2.75) is 6.92 Å². The zero-order valence-corrected chi connectivity index (χ0v) is 10.8. The van der Waals surface area contributed by atoms with Gasteiger partial charge in [0.2, 0.25) is 0 Å². The van der Waals surface area contributed by atoms with Crippen LogP contribution in [0.5, 0.6) is 0 Å². The monoisotopic (exact) mass is 298 g/mol. The minimum Gasteiger partial charge on any atom is -0.453 e. The Morgan fingerprint density at radius 3 is 2.62 bits per heavy atom. The fraction of sp³-hybridized carbons (Fsp3) is 0.0833. The second kappa shape index (κ2) is 4.44. The number of carbonyl (C=O) groups is 1. The average molecular weight is 300 g/mol. The summed E-state index contributed by atoms with van der Waals surface area (Å²) in [5.41, 5.74) is 0.775. The molecule has 1 heterocycles. The molecule has 16 heavy (non-hydrogen) atoms. The number of carbonyl (C=O) groups excluding carboxylic acids is 1. The molecule has 0 spiro atoms. The van der Waals surface area contributed by atoms with Crippen LogP contribution in [-0.2, 0) is 0 Å². The number of Topliss-reactive ketones (excluding diaryl/α,β-unsaturated/α-hetero) is 1. The molecule has 4 heteroatoms. The average Bonchev–Trinajstić information content (AvgIpc) is 2.66. The highest BCUT2D eigenvalue weighted by atomic mass is 79.9. The molecule has 2 nitrogen and oxygen atoms in total. The first kappa shape index (κ1) is 11.4. The van der Waals surface area contributed by atoms with Crippen LogP contribution < -0.4 is 0 Å². The van der Waals surface area contributed by atoms with Crippen LogP contribution in [0.15, 0.2) is 39.2 Å². The Morgan fingerprint density at radius 2 is 2.06 bits per heavy atom. The number of rotatable bonds is 2. The van der Waals surface area contributed by atoms with Crippen LogP contribution >= 0.6 is 27.5 Å². The second-order valence-corrected chi connectivity index (χ2v) is 4.67. The van der Waals surface area contributed by atoms with Gasteiger partial charge in [0.15, 0.2) is 11.5 Å². The first-order valence-electron chi connectivity index (χ1n) is 4.64. The van der Waals surface area contributed by atoms with Crippen molar-refractivity contribution in [3.05, 3.63) is 45.6 Å². The molecular formula is C12H8BrClO2. The maximum Gasteiger partial charge on any atom is 0.194 e. The summed E-state index contributed by atoms with van der Waals surface area (Å²) in [7, 11) is 0. The Balaban J connectivity index is 2.46. The lowest BCUT2D eigenvalue weighted by atomic mass is 10.2. The number of halogens is 2. The first-order chi connectivity index (χ1) is 7.58. The minimum atomic E-state index is -0.0977. The molecule has 2 rings (SSSR count). The Labute approximate surface area is 106 Å². The Kier molecular flexibility index (Phi) is 3.17. The van der Waals surface area contributed by atoms with E-state index in [1.54, 1.807) is 18.2 Å². The molecule has 0 N–H and O–H groups in total. The molecule has 1 aromatic heterocycles. The lowest BCUT2D eigenvalue weighted by Gasteiger charge is -2.00. The molecule has 0 atom stereocenters. The predicted molar refractivity (Wildman–Crippen MR) is 66.9 cm³/mol.